The van der Waals surface area contributed by atoms with Crippen LogP contribution in [0.2, 0.25) is 0 Å². The first-order chi connectivity index (χ1) is 20.1. The van der Waals surface area contributed by atoms with Gasteiger partial charge in [-0.1, -0.05) is 26.0 Å². The lowest BCUT2D eigenvalue weighted by Gasteiger charge is -2.43. The van der Waals surface area contributed by atoms with Crippen LogP contribution in [0, 0.1) is 11.7 Å². The van der Waals surface area contributed by atoms with E-state index in [1.54, 1.807) is 31.8 Å². The largest absolute Gasteiger partial charge is 0.416 e. The number of piperidine rings is 1. The van der Waals surface area contributed by atoms with Crippen LogP contribution in [0.25, 0.3) is 12.2 Å². The number of aryl methyl sites for hydroxylation is 1. The third kappa shape index (κ3) is 5.87. The number of rotatable bonds is 6. The van der Waals surface area contributed by atoms with E-state index in [0.29, 0.717) is 18.2 Å². The Bertz CT molecular complexity index is 1560. The Balaban J connectivity index is 1.52. The molecular weight excluding hydrogens is 572 g/mol. The Labute approximate surface area is 245 Å². The topological polar surface area (TPSA) is 108 Å². The third-order valence-corrected chi connectivity index (χ3v) is 8.18. The van der Waals surface area contributed by atoms with Crippen molar-refractivity contribution in [2.75, 3.05) is 26.7 Å². The van der Waals surface area contributed by atoms with E-state index in [9.17, 15) is 36.7 Å². The summed E-state index contributed by atoms with van der Waals surface area (Å²) in [6, 6.07) is -0.120. The number of alkyl halides is 3. The second-order valence-electron chi connectivity index (χ2n) is 11.1. The van der Waals surface area contributed by atoms with Crippen LogP contribution in [0.5, 0.6) is 0 Å². The van der Waals surface area contributed by atoms with Crippen LogP contribution in [-0.2, 0) is 22.8 Å². The van der Waals surface area contributed by atoms with Gasteiger partial charge in [0.1, 0.15) is 17.4 Å². The number of benzene rings is 1. The molecule has 4 rings (SSSR count). The quantitative estimate of drug-likeness (QED) is 0.399. The smallest absolute Gasteiger partial charge is 0.341 e. The fourth-order valence-corrected chi connectivity index (χ4v) is 5.68. The highest BCUT2D eigenvalue weighted by atomic mass is 19.4. The van der Waals surface area contributed by atoms with E-state index >= 15 is 0 Å². The van der Waals surface area contributed by atoms with Gasteiger partial charge in [-0.25, -0.2) is 9.18 Å². The number of hydrogen-bond donors (Lipinski definition) is 1. The van der Waals surface area contributed by atoms with Gasteiger partial charge in [-0.3, -0.25) is 24.0 Å². The number of carbonyl (C=O) groups is 4. The van der Waals surface area contributed by atoms with Gasteiger partial charge in [0.25, 0.3) is 11.8 Å². The molecule has 1 aromatic carbocycles. The van der Waals surface area contributed by atoms with Crippen molar-refractivity contribution in [3.05, 3.63) is 51.9 Å². The predicted octanol–water partition coefficient (Wildman–Crippen LogP) is 1.87. The molecule has 0 aliphatic carbocycles. The molecule has 0 unspecified atom stereocenters. The first-order valence-corrected chi connectivity index (χ1v) is 13.8. The molecule has 43 heavy (non-hydrogen) atoms. The summed E-state index contributed by atoms with van der Waals surface area (Å²) in [4.78, 5) is 56.9. The number of urea groups is 1. The molecular formula is C29H34F4N6O4. The van der Waals surface area contributed by atoms with Crippen molar-refractivity contribution < 1.29 is 36.7 Å². The predicted molar refractivity (Wildman–Crippen MR) is 148 cm³/mol. The zero-order valence-electron chi connectivity index (χ0n) is 24.5. The summed E-state index contributed by atoms with van der Waals surface area (Å²) in [6.45, 7) is 5.46. The summed E-state index contributed by atoms with van der Waals surface area (Å²) in [5.41, 5.74) is -3.19. The summed E-state index contributed by atoms with van der Waals surface area (Å²) in [5.74, 6) is -3.69. The number of aromatic nitrogens is 2. The van der Waals surface area contributed by atoms with Gasteiger partial charge >= 0.3 is 12.2 Å². The third-order valence-electron chi connectivity index (χ3n) is 8.18. The average Bonchev–Trinajstić information content (AvgIpc) is 3.39. The Hall–Kier alpha value is -4.23. The van der Waals surface area contributed by atoms with Gasteiger partial charge < -0.3 is 15.1 Å². The highest BCUT2D eigenvalue weighted by Gasteiger charge is 2.57. The van der Waals surface area contributed by atoms with Crippen LogP contribution in [0.3, 0.4) is 0 Å². The summed E-state index contributed by atoms with van der Waals surface area (Å²) >= 11 is 0. The highest BCUT2D eigenvalue weighted by Crippen LogP contribution is 2.37. The van der Waals surface area contributed by atoms with E-state index in [2.05, 4.69) is 10.4 Å². The minimum Gasteiger partial charge on any atom is -0.341 e. The van der Waals surface area contributed by atoms with Crippen molar-refractivity contribution in [1.82, 2.24) is 29.8 Å². The molecule has 2 aliphatic rings. The Morgan fingerprint density at radius 2 is 1.79 bits per heavy atom. The van der Waals surface area contributed by atoms with Crippen molar-refractivity contribution in [1.29, 1.82) is 0 Å². The Kier molecular flexibility index (Phi) is 8.70. The molecule has 1 atom stereocenters. The number of carbonyl (C=O) groups excluding carboxylic acids is 4. The van der Waals surface area contributed by atoms with E-state index in [1.807, 2.05) is 19.1 Å². The molecule has 1 spiro atoms. The Morgan fingerprint density at radius 3 is 2.37 bits per heavy atom. The number of likely N-dealkylation sites (N-methyl/N-ethyl adjacent to an activating group) is 1. The standard InChI is InChI=1S/C29H34F4N6O4/c1-6-22-18(16-34-37(22)5)9-12-39-27(43)36(4)26(42)28(39)10-13-38(14-11-28)25(41)23(17(2)3)35-24(40)20-15-19(29(31,32)33)7-8-21(20)30/h6-9,15-17,23H,10-14H2,1-5H3,(H,35,40)/b18-9-,22-6+/t23-/m1/s1. The zero-order valence-corrected chi connectivity index (χ0v) is 24.5. The molecule has 1 aromatic heterocycles. The molecule has 3 heterocycles. The van der Waals surface area contributed by atoms with Gasteiger partial charge in [-0.2, -0.15) is 18.3 Å². The van der Waals surface area contributed by atoms with Crippen molar-refractivity contribution in [3.63, 3.8) is 0 Å². The van der Waals surface area contributed by atoms with Gasteiger partial charge in [-0.05, 0) is 43.9 Å². The van der Waals surface area contributed by atoms with Gasteiger partial charge in [0.15, 0.2) is 0 Å². The molecule has 2 aromatic rings. The minimum absolute atomic E-state index is 0.0834. The lowest BCUT2D eigenvalue weighted by Crippen LogP contribution is -2.60. The van der Waals surface area contributed by atoms with Crippen LogP contribution in [0.4, 0.5) is 22.4 Å². The lowest BCUT2D eigenvalue weighted by molar-refractivity contribution is -0.142. The van der Waals surface area contributed by atoms with E-state index in [0.717, 1.165) is 15.5 Å². The van der Waals surface area contributed by atoms with Gasteiger partial charge in [0.2, 0.25) is 5.91 Å². The maximum absolute atomic E-state index is 14.3. The first kappa shape index (κ1) is 31.7. The van der Waals surface area contributed by atoms with Crippen LogP contribution in [0.1, 0.15) is 49.5 Å². The van der Waals surface area contributed by atoms with Crippen molar-refractivity contribution in [3.8, 4) is 0 Å². The number of hydrogen-bond acceptors (Lipinski definition) is 5. The minimum atomic E-state index is -4.78. The second-order valence-corrected chi connectivity index (χ2v) is 11.1. The van der Waals surface area contributed by atoms with Crippen molar-refractivity contribution in [2.24, 2.45) is 13.0 Å². The molecule has 232 valence electrons. The van der Waals surface area contributed by atoms with E-state index in [4.69, 9.17) is 0 Å². The molecule has 2 fully saturated rings. The number of likely N-dealkylation sites (tertiary alicyclic amines) is 1. The van der Waals surface area contributed by atoms with Crippen molar-refractivity contribution in [2.45, 2.75) is 51.4 Å². The van der Waals surface area contributed by atoms with E-state index in [1.165, 1.54) is 16.8 Å². The maximum Gasteiger partial charge on any atom is 0.416 e. The van der Waals surface area contributed by atoms with Gasteiger partial charge in [-0.15, -0.1) is 0 Å². The highest BCUT2D eigenvalue weighted by molar-refractivity contribution is 6.07. The van der Waals surface area contributed by atoms with Gasteiger partial charge in [0.05, 0.1) is 22.7 Å². The molecule has 0 saturated carbocycles. The fraction of sp³-hybridized carbons (Fsp3) is 0.483. The van der Waals surface area contributed by atoms with Crippen LogP contribution in [0.15, 0.2) is 24.4 Å². The van der Waals surface area contributed by atoms with Crippen LogP contribution in [-0.4, -0.2) is 86.5 Å². The molecule has 0 radical (unpaired) electrons. The van der Waals surface area contributed by atoms with Crippen LogP contribution < -0.4 is 15.9 Å². The van der Waals surface area contributed by atoms with Crippen LogP contribution >= 0.6 is 0 Å². The summed E-state index contributed by atoms with van der Waals surface area (Å²) in [7, 11) is 3.21. The van der Waals surface area contributed by atoms with Crippen molar-refractivity contribution >= 4 is 35.9 Å². The van der Waals surface area contributed by atoms with Gasteiger partial charge in [0, 0.05) is 38.9 Å². The molecule has 1 N–H and O–H groups in total. The molecule has 14 heteroatoms. The fourth-order valence-electron chi connectivity index (χ4n) is 5.68. The number of halogens is 4. The first-order valence-electron chi connectivity index (χ1n) is 13.8. The maximum atomic E-state index is 14.3. The Morgan fingerprint density at radius 1 is 1.14 bits per heavy atom. The van der Waals surface area contributed by atoms with E-state index in [-0.39, 0.29) is 38.4 Å². The summed E-state index contributed by atoms with van der Waals surface area (Å²) < 4.78 is 55.5. The number of amides is 5. The summed E-state index contributed by atoms with van der Waals surface area (Å²) in [5, 5.41) is 8.29. The molecule has 2 aliphatic heterocycles. The summed E-state index contributed by atoms with van der Waals surface area (Å²) in [6.07, 6.45) is 0.870. The lowest BCUT2D eigenvalue weighted by atomic mass is 9.85. The average molecular weight is 607 g/mol. The number of nitrogens with one attached hydrogen (secondary N) is 1. The molecule has 0 bridgehead atoms. The molecule has 10 nitrogen and oxygen atoms in total. The number of nitrogens with zero attached hydrogens (tertiary/aromatic N) is 5. The molecule has 5 amide bonds. The molecule has 2 saturated heterocycles. The zero-order chi connectivity index (χ0) is 31.9. The second kappa shape index (κ2) is 11.8. The normalized spacial score (nSPS) is 18.8. The SMILES string of the molecule is C/C=c1\c(=C/CN2C(=O)N(C)C(=O)C23CCN(C(=O)[C@H](NC(=O)c2cc(C(F)(F)F)ccc2F)C(C)C)CC3)cnn1C. The monoisotopic (exact) mass is 606 g/mol. The van der Waals surface area contributed by atoms with E-state index < -0.39 is 58.5 Å². The number of imide groups is 1.